The minimum absolute atomic E-state index is 0.0120. The molecule has 2 aromatic carbocycles. The molecule has 182 valence electrons. The summed E-state index contributed by atoms with van der Waals surface area (Å²) in [5, 5.41) is 23.6. The van der Waals surface area contributed by atoms with Crippen LogP contribution in [-0.4, -0.2) is 34.4 Å². The summed E-state index contributed by atoms with van der Waals surface area (Å²) >= 11 is 0. The van der Waals surface area contributed by atoms with E-state index in [0.29, 0.717) is 35.1 Å². The second-order valence-electron chi connectivity index (χ2n) is 10.2. The number of fused-ring (bicyclic) bond motifs is 2. The summed E-state index contributed by atoms with van der Waals surface area (Å²) in [7, 11) is 0. The molecule has 3 atom stereocenters. The number of carbonyl (C=O) groups excluding carboxylic acids is 1. The van der Waals surface area contributed by atoms with Crippen molar-refractivity contribution in [2.24, 2.45) is 5.92 Å². The Hall–Kier alpha value is -2.99. The van der Waals surface area contributed by atoms with E-state index in [1.807, 2.05) is 0 Å². The molecule has 0 radical (unpaired) electrons. The molecule has 0 bridgehead atoms. The minimum Gasteiger partial charge on any atom is -0.508 e. The number of carbonyl (C=O) groups is 1. The predicted molar refractivity (Wildman–Crippen MR) is 136 cm³/mol. The summed E-state index contributed by atoms with van der Waals surface area (Å²) in [4.78, 5) is 15.2. The minimum atomic E-state index is -0.252. The van der Waals surface area contributed by atoms with Crippen molar-refractivity contribution in [3.63, 3.8) is 0 Å². The molecule has 2 aliphatic rings. The Balaban J connectivity index is 1.44. The lowest BCUT2D eigenvalue weighted by Gasteiger charge is -2.23. The number of nitrogens with zero attached hydrogens (tertiary/aromatic N) is 1. The zero-order chi connectivity index (χ0) is 24.5. The Morgan fingerprint density at radius 3 is 2.79 bits per heavy atom. The Morgan fingerprint density at radius 1 is 1.24 bits per heavy atom. The molecule has 4 rings (SSSR count). The van der Waals surface area contributed by atoms with E-state index < -0.39 is 0 Å². The van der Waals surface area contributed by atoms with Gasteiger partial charge in [0.1, 0.15) is 17.6 Å². The third-order valence-electron chi connectivity index (χ3n) is 7.02. The van der Waals surface area contributed by atoms with Crippen molar-refractivity contribution in [2.75, 3.05) is 16.8 Å². The molecule has 0 aliphatic carbocycles. The number of hydrogen-bond acceptors (Lipinski definition) is 5. The van der Waals surface area contributed by atoms with Gasteiger partial charge in [-0.3, -0.25) is 4.79 Å². The summed E-state index contributed by atoms with van der Waals surface area (Å²) in [6, 6.07) is 9.78. The lowest BCUT2D eigenvalue weighted by Crippen LogP contribution is -2.35. The number of para-hydroxylation sites is 1. The Morgan fingerprint density at radius 2 is 2.03 bits per heavy atom. The molecule has 0 spiro atoms. The third kappa shape index (κ3) is 5.22. The highest BCUT2D eigenvalue weighted by atomic mass is 16.6. The van der Waals surface area contributed by atoms with E-state index in [-0.39, 0.29) is 29.1 Å². The SMILES string of the molecule is CC(C)=CCCC(C)CCCC1(C)OC1CN1C(=O)c2cccc(O)c2Nc2ccc(O)cc21. The van der Waals surface area contributed by atoms with Crippen LogP contribution in [0, 0.1) is 5.92 Å². The highest BCUT2D eigenvalue weighted by Gasteiger charge is 2.53. The lowest BCUT2D eigenvalue weighted by molar-refractivity contribution is 0.0986. The fraction of sp³-hybridized carbons (Fsp3) is 0.464. The second-order valence-corrected chi connectivity index (χ2v) is 10.2. The smallest absolute Gasteiger partial charge is 0.260 e. The second kappa shape index (κ2) is 9.71. The van der Waals surface area contributed by atoms with E-state index in [2.05, 4.69) is 39.1 Å². The van der Waals surface area contributed by atoms with Gasteiger partial charge in [0.25, 0.3) is 5.91 Å². The summed E-state index contributed by atoms with van der Waals surface area (Å²) in [6.45, 7) is 9.10. The Kier molecular flexibility index (Phi) is 6.89. The van der Waals surface area contributed by atoms with Crippen LogP contribution in [0.2, 0.25) is 0 Å². The number of amides is 1. The molecular formula is C28H36N2O4. The predicted octanol–water partition coefficient (Wildman–Crippen LogP) is 6.51. The van der Waals surface area contributed by atoms with Gasteiger partial charge in [0.15, 0.2) is 0 Å². The number of allylic oxidation sites excluding steroid dienone is 2. The Labute approximate surface area is 202 Å². The number of hydrogen-bond donors (Lipinski definition) is 3. The number of ether oxygens (including phenoxy) is 1. The molecule has 3 unspecified atom stereocenters. The number of phenols is 2. The first kappa shape index (κ1) is 24.1. The van der Waals surface area contributed by atoms with Gasteiger partial charge in [-0.25, -0.2) is 0 Å². The van der Waals surface area contributed by atoms with E-state index in [9.17, 15) is 15.0 Å². The first-order chi connectivity index (χ1) is 16.2. The molecule has 6 heteroatoms. The number of benzene rings is 2. The van der Waals surface area contributed by atoms with Crippen molar-refractivity contribution < 1.29 is 19.7 Å². The van der Waals surface area contributed by atoms with Crippen LogP contribution in [0.15, 0.2) is 48.0 Å². The maximum atomic E-state index is 13.5. The molecule has 0 aromatic heterocycles. The molecule has 2 heterocycles. The molecule has 34 heavy (non-hydrogen) atoms. The van der Waals surface area contributed by atoms with Crippen LogP contribution in [0.3, 0.4) is 0 Å². The molecule has 2 aliphatic heterocycles. The maximum absolute atomic E-state index is 13.5. The van der Waals surface area contributed by atoms with Gasteiger partial charge in [0, 0.05) is 6.07 Å². The largest absolute Gasteiger partial charge is 0.508 e. The zero-order valence-corrected chi connectivity index (χ0v) is 20.6. The number of anilines is 3. The number of rotatable bonds is 9. The van der Waals surface area contributed by atoms with Crippen molar-refractivity contribution in [2.45, 2.75) is 71.5 Å². The summed E-state index contributed by atoms with van der Waals surface area (Å²) in [5.74, 6) is 0.537. The van der Waals surface area contributed by atoms with Gasteiger partial charge in [-0.2, -0.15) is 0 Å². The molecule has 1 amide bonds. The highest BCUT2D eigenvalue weighted by molar-refractivity contribution is 6.14. The summed E-state index contributed by atoms with van der Waals surface area (Å²) in [5.41, 5.74) is 3.12. The number of aromatic hydroxyl groups is 2. The Bertz CT molecular complexity index is 1090. The monoisotopic (exact) mass is 464 g/mol. The first-order valence-electron chi connectivity index (χ1n) is 12.2. The quantitative estimate of drug-likeness (QED) is 0.170. The molecule has 2 aromatic rings. The molecule has 1 fully saturated rings. The molecule has 6 nitrogen and oxygen atoms in total. The van der Waals surface area contributed by atoms with Gasteiger partial charge < -0.3 is 25.2 Å². The normalized spacial score (nSPS) is 21.7. The first-order valence-corrected chi connectivity index (χ1v) is 12.2. The van der Waals surface area contributed by atoms with Gasteiger partial charge in [0.2, 0.25) is 0 Å². The van der Waals surface area contributed by atoms with Crippen molar-refractivity contribution in [1.82, 2.24) is 0 Å². The standard InChI is InChI=1S/C28H36N2O4/c1-18(2)8-5-9-19(3)10-7-15-28(4)25(34-28)17-30-23-16-20(31)13-14-22(23)29-26-21(27(30)33)11-6-12-24(26)32/h6,8,11-14,16,19,25,29,31-32H,5,7,9-10,15,17H2,1-4H3. The molecule has 1 saturated heterocycles. The number of epoxide rings is 1. The van der Waals surface area contributed by atoms with Gasteiger partial charge in [-0.15, -0.1) is 0 Å². The van der Waals surface area contributed by atoms with Crippen LogP contribution in [-0.2, 0) is 4.74 Å². The average molecular weight is 465 g/mol. The number of nitrogens with one attached hydrogen (secondary N) is 1. The van der Waals surface area contributed by atoms with Crippen LogP contribution in [0.25, 0.3) is 0 Å². The van der Waals surface area contributed by atoms with Crippen LogP contribution in [0.5, 0.6) is 11.5 Å². The van der Waals surface area contributed by atoms with Crippen molar-refractivity contribution >= 4 is 23.0 Å². The maximum Gasteiger partial charge on any atom is 0.260 e. The van der Waals surface area contributed by atoms with E-state index in [1.54, 1.807) is 41.3 Å². The van der Waals surface area contributed by atoms with Crippen molar-refractivity contribution in [3.05, 3.63) is 53.6 Å². The molecule has 3 N–H and O–H groups in total. The fourth-order valence-corrected chi connectivity index (χ4v) is 4.78. The van der Waals surface area contributed by atoms with Crippen LogP contribution >= 0.6 is 0 Å². The van der Waals surface area contributed by atoms with E-state index in [0.717, 1.165) is 25.7 Å². The van der Waals surface area contributed by atoms with Gasteiger partial charge in [-0.1, -0.05) is 37.5 Å². The van der Waals surface area contributed by atoms with Crippen molar-refractivity contribution in [1.29, 1.82) is 0 Å². The molecular weight excluding hydrogens is 428 g/mol. The van der Waals surface area contributed by atoms with Crippen LogP contribution in [0.4, 0.5) is 17.1 Å². The van der Waals surface area contributed by atoms with E-state index in [4.69, 9.17) is 4.74 Å². The summed E-state index contributed by atoms with van der Waals surface area (Å²) < 4.78 is 6.11. The van der Waals surface area contributed by atoms with Gasteiger partial charge in [-0.05, 0) is 70.2 Å². The topological polar surface area (TPSA) is 85.3 Å². The van der Waals surface area contributed by atoms with Crippen LogP contribution in [0.1, 0.15) is 70.2 Å². The van der Waals surface area contributed by atoms with Gasteiger partial charge >= 0.3 is 0 Å². The van der Waals surface area contributed by atoms with Gasteiger partial charge in [0.05, 0.1) is 34.8 Å². The van der Waals surface area contributed by atoms with E-state index >= 15 is 0 Å². The van der Waals surface area contributed by atoms with Crippen molar-refractivity contribution in [3.8, 4) is 11.5 Å². The highest BCUT2D eigenvalue weighted by Crippen LogP contribution is 2.45. The zero-order valence-electron chi connectivity index (χ0n) is 20.6. The van der Waals surface area contributed by atoms with E-state index in [1.165, 1.54) is 12.0 Å². The summed E-state index contributed by atoms with van der Waals surface area (Å²) in [6.07, 6.45) is 7.77. The fourth-order valence-electron chi connectivity index (χ4n) is 4.78. The molecule has 0 saturated carbocycles. The third-order valence-corrected chi connectivity index (χ3v) is 7.02. The average Bonchev–Trinajstić information content (AvgIpc) is 3.44. The lowest BCUT2D eigenvalue weighted by atomic mass is 9.93. The van der Waals surface area contributed by atoms with Crippen LogP contribution < -0.4 is 10.2 Å². The number of phenolic OH excluding ortho intramolecular Hbond substituents is 2.